The van der Waals surface area contributed by atoms with Crippen LogP contribution in [-0.4, -0.2) is 26.8 Å². The predicted octanol–water partition coefficient (Wildman–Crippen LogP) is 0.531. The molecule has 3 N–H and O–H groups in total. The van der Waals surface area contributed by atoms with Gasteiger partial charge < -0.3 is 10.4 Å². The highest BCUT2D eigenvalue weighted by Gasteiger charge is 2.32. The lowest BCUT2D eigenvalue weighted by Gasteiger charge is -2.34. The summed E-state index contributed by atoms with van der Waals surface area (Å²) < 4.78 is 0. The van der Waals surface area contributed by atoms with E-state index in [9.17, 15) is 0 Å². The average molecular weight is 238 g/mol. The molecule has 86 valence electrons. The Kier molecular flexibility index (Phi) is 2.34. The van der Waals surface area contributed by atoms with Gasteiger partial charge in [0, 0.05) is 11.3 Å². The fourth-order valence-electron chi connectivity index (χ4n) is 2.30. The molecule has 0 aromatic heterocycles. The molecule has 3 rings (SSSR count). The zero-order valence-electron chi connectivity index (χ0n) is 8.86. The van der Waals surface area contributed by atoms with Gasteiger partial charge in [0.15, 0.2) is 0 Å². The molecular weight excluding hydrogens is 224 g/mol. The van der Waals surface area contributed by atoms with Gasteiger partial charge in [-0.3, -0.25) is 5.01 Å². The van der Waals surface area contributed by atoms with E-state index in [-0.39, 0.29) is 6.73 Å². The van der Waals surface area contributed by atoms with Crippen molar-refractivity contribution in [2.45, 2.75) is 25.7 Å². The summed E-state index contributed by atoms with van der Waals surface area (Å²) in [5, 5.41) is 15.8. The molecule has 0 aromatic carbocycles. The molecule has 0 amide bonds. The van der Waals surface area contributed by atoms with Crippen molar-refractivity contribution in [2.24, 2.45) is 0 Å². The Morgan fingerprint density at radius 2 is 2.19 bits per heavy atom. The van der Waals surface area contributed by atoms with Crippen molar-refractivity contribution in [3.8, 4) is 0 Å². The van der Waals surface area contributed by atoms with Crippen LogP contribution in [0, 0.1) is 0 Å². The van der Waals surface area contributed by atoms with Gasteiger partial charge in [-0.05, 0) is 25.7 Å². The molecular formula is C10H14N4OS. The van der Waals surface area contributed by atoms with Gasteiger partial charge in [-0.25, -0.2) is 5.01 Å². The number of hydrazine groups is 2. The lowest BCUT2D eigenvalue weighted by molar-refractivity contribution is 0.0768. The van der Waals surface area contributed by atoms with Crippen molar-refractivity contribution in [3.63, 3.8) is 0 Å². The van der Waals surface area contributed by atoms with E-state index in [2.05, 4.69) is 10.9 Å². The highest BCUT2D eigenvalue weighted by Crippen LogP contribution is 2.31. The molecule has 0 radical (unpaired) electrons. The van der Waals surface area contributed by atoms with Gasteiger partial charge in [0.2, 0.25) is 0 Å². The van der Waals surface area contributed by atoms with Gasteiger partial charge in [-0.2, -0.15) is 0 Å². The van der Waals surface area contributed by atoms with Gasteiger partial charge in [0.05, 0.1) is 6.20 Å². The zero-order chi connectivity index (χ0) is 11.1. The molecule has 0 bridgehead atoms. The van der Waals surface area contributed by atoms with Crippen LogP contribution >= 0.6 is 12.2 Å². The molecule has 5 nitrogen and oxygen atoms in total. The highest BCUT2D eigenvalue weighted by atomic mass is 32.1. The number of hydrogen-bond donors (Lipinski definition) is 3. The predicted molar refractivity (Wildman–Crippen MR) is 63.2 cm³/mol. The lowest BCUT2D eigenvalue weighted by atomic mass is 9.94. The number of allylic oxidation sites excluding steroid dienone is 1. The minimum Gasteiger partial charge on any atom is -0.375 e. The van der Waals surface area contributed by atoms with Crippen LogP contribution in [0.4, 0.5) is 0 Å². The minimum atomic E-state index is -0.0744. The summed E-state index contributed by atoms with van der Waals surface area (Å²) in [4.78, 5) is 0.829. The third kappa shape index (κ3) is 1.41. The standard InChI is InChI=1S/C10H14N4OS/c15-6-13-5-9-11-8-4-2-1-3-7(8)10(16)14(9)12-13/h5,11-12,15H,1-4,6H2. The molecule has 1 aliphatic carbocycles. The molecule has 2 heterocycles. The van der Waals surface area contributed by atoms with Crippen LogP contribution < -0.4 is 10.9 Å². The van der Waals surface area contributed by atoms with Gasteiger partial charge in [-0.15, -0.1) is 5.53 Å². The Morgan fingerprint density at radius 1 is 1.38 bits per heavy atom. The lowest BCUT2D eigenvalue weighted by Crippen LogP contribution is -2.49. The number of nitrogens with one attached hydrogen (secondary N) is 2. The Balaban J connectivity index is 1.92. The van der Waals surface area contributed by atoms with E-state index in [4.69, 9.17) is 17.3 Å². The minimum absolute atomic E-state index is 0.0744. The number of hydrogen-bond acceptors (Lipinski definition) is 5. The number of aliphatic hydroxyl groups excluding tert-OH is 1. The number of aliphatic hydroxyl groups is 1. The van der Waals surface area contributed by atoms with Crippen LogP contribution in [0.1, 0.15) is 25.7 Å². The van der Waals surface area contributed by atoms with E-state index in [1.807, 2.05) is 11.2 Å². The van der Waals surface area contributed by atoms with Gasteiger partial charge in [0.25, 0.3) is 0 Å². The van der Waals surface area contributed by atoms with E-state index in [1.165, 1.54) is 24.1 Å². The van der Waals surface area contributed by atoms with Crippen LogP contribution in [0.5, 0.6) is 0 Å². The van der Waals surface area contributed by atoms with Crippen LogP contribution in [0.3, 0.4) is 0 Å². The molecule has 6 heteroatoms. The van der Waals surface area contributed by atoms with E-state index in [1.54, 1.807) is 5.01 Å². The number of nitrogens with zero attached hydrogens (tertiary/aromatic N) is 2. The van der Waals surface area contributed by atoms with E-state index in [0.717, 1.165) is 23.7 Å². The first-order chi connectivity index (χ1) is 7.79. The second-order valence-corrected chi connectivity index (χ2v) is 4.54. The van der Waals surface area contributed by atoms with Crippen molar-refractivity contribution in [3.05, 3.63) is 23.3 Å². The molecule has 2 aliphatic heterocycles. The Morgan fingerprint density at radius 3 is 3.00 bits per heavy atom. The first-order valence-corrected chi connectivity index (χ1v) is 5.89. The summed E-state index contributed by atoms with van der Waals surface area (Å²) in [6.45, 7) is -0.0744. The zero-order valence-corrected chi connectivity index (χ0v) is 9.68. The molecule has 0 spiro atoms. The van der Waals surface area contributed by atoms with Crippen molar-refractivity contribution in [1.82, 2.24) is 20.9 Å². The van der Waals surface area contributed by atoms with Gasteiger partial charge in [0.1, 0.15) is 17.5 Å². The van der Waals surface area contributed by atoms with Crippen LogP contribution in [0.25, 0.3) is 0 Å². The second-order valence-electron chi connectivity index (χ2n) is 4.16. The van der Waals surface area contributed by atoms with E-state index in [0.29, 0.717) is 0 Å². The smallest absolute Gasteiger partial charge is 0.145 e. The van der Waals surface area contributed by atoms with Gasteiger partial charge >= 0.3 is 0 Å². The highest BCUT2D eigenvalue weighted by molar-refractivity contribution is 7.80. The molecule has 0 atom stereocenters. The fraction of sp³-hybridized carbons (Fsp3) is 0.500. The summed E-state index contributed by atoms with van der Waals surface area (Å²) in [6.07, 6.45) is 6.37. The topological polar surface area (TPSA) is 50.8 Å². The summed E-state index contributed by atoms with van der Waals surface area (Å²) in [6, 6.07) is 0. The summed E-state index contributed by atoms with van der Waals surface area (Å²) in [5.74, 6) is 0.903. The molecule has 0 fully saturated rings. The quantitative estimate of drug-likeness (QED) is 0.579. The number of thiocarbonyl (C=S) groups is 1. The summed E-state index contributed by atoms with van der Waals surface area (Å²) in [5.41, 5.74) is 5.50. The molecule has 0 saturated carbocycles. The van der Waals surface area contributed by atoms with Crippen molar-refractivity contribution in [2.75, 3.05) is 6.73 Å². The first-order valence-electron chi connectivity index (χ1n) is 5.48. The third-order valence-corrected chi connectivity index (χ3v) is 3.54. The molecule has 0 unspecified atom stereocenters. The first kappa shape index (κ1) is 10.1. The largest absolute Gasteiger partial charge is 0.375 e. The van der Waals surface area contributed by atoms with Crippen LogP contribution in [0.2, 0.25) is 0 Å². The summed E-state index contributed by atoms with van der Waals surface area (Å²) >= 11 is 5.46. The number of fused-ring (bicyclic) bond motifs is 1. The maximum absolute atomic E-state index is 9.07. The average Bonchev–Trinajstić information content (AvgIpc) is 2.73. The van der Waals surface area contributed by atoms with E-state index < -0.39 is 0 Å². The maximum atomic E-state index is 9.07. The number of rotatable bonds is 1. The monoisotopic (exact) mass is 238 g/mol. The van der Waals surface area contributed by atoms with Gasteiger partial charge in [-0.1, -0.05) is 12.2 Å². The molecule has 3 aliphatic rings. The van der Waals surface area contributed by atoms with Crippen molar-refractivity contribution < 1.29 is 5.11 Å². The van der Waals surface area contributed by atoms with Crippen LogP contribution in [0.15, 0.2) is 23.3 Å². The van der Waals surface area contributed by atoms with Crippen LogP contribution in [-0.2, 0) is 0 Å². The molecule has 0 aromatic rings. The summed E-state index contributed by atoms with van der Waals surface area (Å²) in [7, 11) is 0. The maximum Gasteiger partial charge on any atom is 0.145 e. The Labute approximate surface area is 99.3 Å². The Hall–Kier alpha value is -1.11. The molecule has 0 saturated heterocycles. The normalized spacial score (nSPS) is 24.1. The van der Waals surface area contributed by atoms with E-state index >= 15 is 0 Å². The second kappa shape index (κ2) is 3.73. The fourth-order valence-corrected chi connectivity index (χ4v) is 2.67. The molecule has 16 heavy (non-hydrogen) atoms. The Bertz CT molecular complexity index is 404. The van der Waals surface area contributed by atoms with Crippen molar-refractivity contribution in [1.29, 1.82) is 0 Å². The third-order valence-electron chi connectivity index (χ3n) is 3.11. The van der Waals surface area contributed by atoms with Crippen molar-refractivity contribution >= 4 is 17.2 Å². The SMILES string of the molecule is OCN1C=C2NC3=C(CCCC3)C(=S)N2N1.